The van der Waals surface area contributed by atoms with E-state index >= 15 is 0 Å². The first-order valence-electron chi connectivity index (χ1n) is 4.58. The standard InChI is InChI=1S/C9H17NO/c1-6-3-8-5-9(4-6,10-8)7(2)11/h6-8,10-11H,3-5H2,1-2H3/t6-,7?,8?,9?/m1/s1. The monoisotopic (exact) mass is 155 g/mol. The number of rotatable bonds is 1. The predicted molar refractivity (Wildman–Crippen MR) is 44.4 cm³/mol. The first-order chi connectivity index (χ1) is 5.12. The van der Waals surface area contributed by atoms with Crippen LogP contribution in [0.3, 0.4) is 0 Å². The Balaban J connectivity index is 2.07. The van der Waals surface area contributed by atoms with E-state index in [1.807, 2.05) is 6.92 Å². The Labute approximate surface area is 68.0 Å². The summed E-state index contributed by atoms with van der Waals surface area (Å²) in [7, 11) is 0. The van der Waals surface area contributed by atoms with Crippen molar-refractivity contribution in [3.63, 3.8) is 0 Å². The molecule has 11 heavy (non-hydrogen) atoms. The molecule has 3 unspecified atom stereocenters. The molecule has 0 amide bonds. The molecule has 2 aliphatic heterocycles. The van der Waals surface area contributed by atoms with Crippen molar-refractivity contribution in [1.29, 1.82) is 0 Å². The highest BCUT2D eigenvalue weighted by Gasteiger charge is 2.51. The van der Waals surface area contributed by atoms with E-state index in [1.165, 1.54) is 12.8 Å². The van der Waals surface area contributed by atoms with Gasteiger partial charge in [-0.1, -0.05) is 6.92 Å². The Morgan fingerprint density at radius 1 is 1.55 bits per heavy atom. The highest BCUT2D eigenvalue weighted by atomic mass is 16.3. The molecule has 0 aromatic carbocycles. The van der Waals surface area contributed by atoms with Gasteiger partial charge in [-0.2, -0.15) is 0 Å². The van der Waals surface area contributed by atoms with Crippen molar-refractivity contribution in [2.45, 2.75) is 50.8 Å². The van der Waals surface area contributed by atoms with Crippen LogP contribution in [0.4, 0.5) is 0 Å². The van der Waals surface area contributed by atoms with Crippen molar-refractivity contribution in [1.82, 2.24) is 5.32 Å². The van der Waals surface area contributed by atoms with E-state index in [4.69, 9.17) is 0 Å². The second-order valence-corrected chi connectivity index (χ2v) is 4.42. The highest BCUT2D eigenvalue weighted by Crippen LogP contribution is 2.43. The van der Waals surface area contributed by atoms with Crippen molar-refractivity contribution in [3.8, 4) is 0 Å². The summed E-state index contributed by atoms with van der Waals surface area (Å²) < 4.78 is 0. The summed E-state index contributed by atoms with van der Waals surface area (Å²) in [6.07, 6.45) is 3.46. The van der Waals surface area contributed by atoms with Gasteiger partial charge in [-0.25, -0.2) is 0 Å². The molecule has 2 nitrogen and oxygen atoms in total. The zero-order valence-corrected chi connectivity index (χ0v) is 7.30. The molecule has 4 atom stereocenters. The van der Waals surface area contributed by atoms with Crippen LogP contribution in [-0.4, -0.2) is 22.8 Å². The second kappa shape index (κ2) is 2.20. The van der Waals surface area contributed by atoms with Gasteiger partial charge in [0.1, 0.15) is 0 Å². The van der Waals surface area contributed by atoms with Gasteiger partial charge in [0, 0.05) is 11.6 Å². The smallest absolute Gasteiger partial charge is 0.0694 e. The molecule has 0 radical (unpaired) electrons. The average molecular weight is 155 g/mol. The number of aliphatic hydroxyl groups excluding tert-OH is 1. The minimum atomic E-state index is -0.179. The van der Waals surface area contributed by atoms with Gasteiger partial charge in [0.2, 0.25) is 0 Å². The van der Waals surface area contributed by atoms with Gasteiger partial charge >= 0.3 is 0 Å². The summed E-state index contributed by atoms with van der Waals surface area (Å²) in [4.78, 5) is 0. The van der Waals surface area contributed by atoms with Crippen LogP contribution in [0.1, 0.15) is 33.1 Å². The van der Waals surface area contributed by atoms with E-state index in [9.17, 15) is 5.11 Å². The molecule has 2 heteroatoms. The maximum Gasteiger partial charge on any atom is 0.0694 e. The summed E-state index contributed by atoms with van der Waals surface area (Å²) in [6.45, 7) is 4.19. The van der Waals surface area contributed by atoms with Crippen molar-refractivity contribution in [2.24, 2.45) is 5.92 Å². The fourth-order valence-electron chi connectivity index (χ4n) is 2.76. The summed E-state index contributed by atoms with van der Waals surface area (Å²) in [6, 6.07) is 0.702. The zero-order chi connectivity index (χ0) is 8.06. The van der Waals surface area contributed by atoms with Crippen LogP contribution in [0.2, 0.25) is 0 Å². The Bertz CT molecular complexity index is 161. The summed E-state index contributed by atoms with van der Waals surface area (Å²) in [5, 5.41) is 13.0. The molecule has 64 valence electrons. The van der Waals surface area contributed by atoms with Crippen LogP contribution in [0, 0.1) is 5.92 Å². The van der Waals surface area contributed by atoms with E-state index in [-0.39, 0.29) is 11.6 Å². The summed E-state index contributed by atoms with van der Waals surface area (Å²) in [5.74, 6) is 0.796. The van der Waals surface area contributed by atoms with Crippen LogP contribution >= 0.6 is 0 Å². The molecule has 0 aromatic rings. The van der Waals surface area contributed by atoms with Crippen LogP contribution in [-0.2, 0) is 0 Å². The molecule has 0 spiro atoms. The first kappa shape index (κ1) is 7.56. The third-order valence-corrected chi connectivity index (χ3v) is 3.30. The van der Waals surface area contributed by atoms with Gasteiger partial charge in [-0.05, 0) is 32.1 Å². The van der Waals surface area contributed by atoms with E-state index in [2.05, 4.69) is 12.2 Å². The minimum absolute atomic E-state index is 0.0995. The third-order valence-electron chi connectivity index (χ3n) is 3.30. The molecular weight excluding hydrogens is 138 g/mol. The zero-order valence-electron chi connectivity index (χ0n) is 7.30. The lowest BCUT2D eigenvalue weighted by Gasteiger charge is -2.57. The minimum Gasteiger partial charge on any atom is -0.391 e. The molecule has 3 fully saturated rings. The van der Waals surface area contributed by atoms with Crippen LogP contribution in [0.5, 0.6) is 0 Å². The van der Waals surface area contributed by atoms with Crippen molar-refractivity contribution in [2.75, 3.05) is 0 Å². The third kappa shape index (κ3) is 1.00. The lowest BCUT2D eigenvalue weighted by atomic mass is 9.64. The van der Waals surface area contributed by atoms with Crippen LogP contribution in [0.25, 0.3) is 0 Å². The molecule has 0 aromatic heterocycles. The normalized spacial score (nSPS) is 51.5. The molecule has 3 aliphatic rings. The van der Waals surface area contributed by atoms with Crippen molar-refractivity contribution in [3.05, 3.63) is 0 Å². The Kier molecular flexibility index (Phi) is 1.52. The fourth-order valence-corrected chi connectivity index (χ4v) is 2.76. The molecule has 2 heterocycles. The van der Waals surface area contributed by atoms with Gasteiger partial charge in [-0.15, -0.1) is 0 Å². The first-order valence-corrected chi connectivity index (χ1v) is 4.58. The number of fused-ring (bicyclic) bond motifs is 2. The van der Waals surface area contributed by atoms with Gasteiger partial charge in [0.15, 0.2) is 0 Å². The number of hydrogen-bond acceptors (Lipinski definition) is 2. The molecule has 3 rings (SSSR count). The lowest BCUT2D eigenvalue weighted by molar-refractivity contribution is -0.0519. The Morgan fingerprint density at radius 3 is 2.55 bits per heavy atom. The van der Waals surface area contributed by atoms with E-state index in [1.54, 1.807) is 0 Å². The number of aliphatic hydroxyl groups is 1. The number of hydrogen-bond donors (Lipinski definition) is 2. The molecule has 2 N–H and O–H groups in total. The molecule has 1 saturated carbocycles. The average Bonchev–Trinajstić information content (AvgIpc) is 1.83. The van der Waals surface area contributed by atoms with Gasteiger partial charge in [0.25, 0.3) is 0 Å². The van der Waals surface area contributed by atoms with Gasteiger partial charge in [-0.3, -0.25) is 0 Å². The Hall–Kier alpha value is -0.0800. The topological polar surface area (TPSA) is 32.3 Å². The van der Waals surface area contributed by atoms with Gasteiger partial charge < -0.3 is 10.4 Å². The van der Waals surface area contributed by atoms with Crippen molar-refractivity contribution >= 4 is 0 Å². The van der Waals surface area contributed by atoms with E-state index in [0.717, 1.165) is 12.3 Å². The van der Waals surface area contributed by atoms with Crippen molar-refractivity contribution < 1.29 is 5.11 Å². The summed E-state index contributed by atoms with van der Waals surface area (Å²) >= 11 is 0. The van der Waals surface area contributed by atoms with Crippen LogP contribution < -0.4 is 5.32 Å². The number of nitrogens with one attached hydrogen (secondary N) is 1. The molecule has 2 bridgehead atoms. The van der Waals surface area contributed by atoms with E-state index < -0.39 is 0 Å². The predicted octanol–water partition coefficient (Wildman–Crippen LogP) is 0.898. The fraction of sp³-hybridized carbons (Fsp3) is 1.00. The second-order valence-electron chi connectivity index (χ2n) is 4.42. The Morgan fingerprint density at radius 2 is 2.18 bits per heavy atom. The largest absolute Gasteiger partial charge is 0.391 e. The summed E-state index contributed by atoms with van der Waals surface area (Å²) in [5.41, 5.74) is 0.0995. The number of piperidine rings is 1. The molecule has 2 saturated heterocycles. The van der Waals surface area contributed by atoms with Crippen LogP contribution in [0.15, 0.2) is 0 Å². The quantitative estimate of drug-likeness (QED) is 0.589. The lowest BCUT2D eigenvalue weighted by Crippen LogP contribution is -2.72. The van der Waals surface area contributed by atoms with Gasteiger partial charge in [0.05, 0.1) is 6.10 Å². The maximum absolute atomic E-state index is 9.53. The maximum atomic E-state index is 9.53. The SMILES string of the molecule is CC(O)C12CC(C[C@@H](C)C1)N2. The highest BCUT2D eigenvalue weighted by molar-refractivity contribution is 5.11. The molecule has 1 aliphatic carbocycles. The molecular formula is C9H17NO. The van der Waals surface area contributed by atoms with E-state index in [0.29, 0.717) is 6.04 Å².